The van der Waals surface area contributed by atoms with Crippen LogP contribution < -0.4 is 15.0 Å². The highest BCUT2D eigenvalue weighted by Crippen LogP contribution is 2.34. The fourth-order valence-electron chi connectivity index (χ4n) is 4.87. The van der Waals surface area contributed by atoms with Crippen molar-refractivity contribution in [3.63, 3.8) is 0 Å². The minimum Gasteiger partial charge on any atom is -0.453 e. The zero-order chi connectivity index (χ0) is 26.1. The van der Waals surface area contributed by atoms with Gasteiger partial charge in [0.05, 0.1) is 12.4 Å². The summed E-state index contributed by atoms with van der Waals surface area (Å²) in [6.07, 6.45) is 8.83. The zero-order valence-corrected chi connectivity index (χ0v) is 20.9. The van der Waals surface area contributed by atoms with E-state index in [1.807, 2.05) is 12.3 Å². The number of ether oxygens (including phenoxy) is 1. The maximum absolute atomic E-state index is 11.5. The third kappa shape index (κ3) is 4.82. The largest absolute Gasteiger partial charge is 0.453 e. The molecule has 9 heteroatoms. The Bertz CT molecular complexity index is 1520. The van der Waals surface area contributed by atoms with E-state index in [-0.39, 0.29) is 5.91 Å². The molecule has 9 nitrogen and oxygen atoms in total. The summed E-state index contributed by atoms with van der Waals surface area (Å²) in [4.78, 5) is 20.8. The van der Waals surface area contributed by atoms with Gasteiger partial charge < -0.3 is 15.0 Å². The van der Waals surface area contributed by atoms with Crippen molar-refractivity contribution in [1.82, 2.24) is 19.5 Å². The molecule has 1 aliphatic heterocycles. The molecule has 4 aromatic rings. The lowest BCUT2D eigenvalue weighted by molar-refractivity contribution is -0.111. The Hall–Kier alpha value is -4.68. The molecule has 1 amide bonds. The second-order valence-corrected chi connectivity index (χ2v) is 9.53. The van der Waals surface area contributed by atoms with Gasteiger partial charge in [-0.2, -0.15) is 10.4 Å². The number of hydrogen-bond acceptors (Lipinski definition) is 7. The number of carbonyl (C=O) groups excluding carboxylic acids is 1. The Balaban J connectivity index is 1.25. The van der Waals surface area contributed by atoms with Gasteiger partial charge in [-0.3, -0.25) is 9.69 Å². The molecule has 0 unspecified atom stereocenters. The summed E-state index contributed by atoms with van der Waals surface area (Å²) in [5, 5.41) is 16.6. The van der Waals surface area contributed by atoms with Crippen LogP contribution in [0.25, 0.3) is 16.6 Å². The van der Waals surface area contributed by atoms with Gasteiger partial charge in [-0.25, -0.2) is 9.50 Å². The lowest BCUT2D eigenvalue weighted by Gasteiger charge is -2.36. The molecule has 1 saturated carbocycles. The number of amides is 1. The summed E-state index contributed by atoms with van der Waals surface area (Å²) in [7, 11) is 0. The third-order valence-corrected chi connectivity index (χ3v) is 7.04. The van der Waals surface area contributed by atoms with Gasteiger partial charge >= 0.3 is 0 Å². The molecule has 3 aromatic heterocycles. The molecule has 1 N–H and O–H groups in total. The van der Waals surface area contributed by atoms with Crippen molar-refractivity contribution in [2.24, 2.45) is 0 Å². The van der Waals surface area contributed by atoms with E-state index in [1.54, 1.807) is 16.6 Å². The molecule has 6 rings (SSSR count). The van der Waals surface area contributed by atoms with Crippen molar-refractivity contribution in [2.45, 2.75) is 18.9 Å². The Labute approximate surface area is 220 Å². The quantitative estimate of drug-likeness (QED) is 0.370. The lowest BCUT2D eigenvalue weighted by Crippen LogP contribution is -2.47. The Morgan fingerprint density at radius 3 is 2.53 bits per heavy atom. The fourth-order valence-corrected chi connectivity index (χ4v) is 4.87. The van der Waals surface area contributed by atoms with Gasteiger partial charge in [0.2, 0.25) is 5.91 Å². The average Bonchev–Trinajstić information content (AvgIpc) is 3.73. The standard InChI is InChI=1S/C29H27N7O2/c1-2-28(37)33-27-10-9-25(18-31-27)38-26-15-21(19-36-29(26)22(16-30)17-32-36)20-3-5-23(6-4-20)34-11-13-35(14-12-34)24-7-8-24/h2-6,9-10,15,17-19,24H,1,7-8,11-14H2,(H,31,33,37). The highest BCUT2D eigenvalue weighted by molar-refractivity contribution is 5.98. The molecule has 4 heterocycles. The SMILES string of the molecule is C=CC(=O)Nc1ccc(Oc2cc(-c3ccc(N4CCN(C5CC5)CC4)cc3)cn3ncc(C#N)c23)cn1. The van der Waals surface area contributed by atoms with Gasteiger partial charge in [-0.05, 0) is 54.8 Å². The van der Waals surface area contributed by atoms with E-state index in [0.717, 1.165) is 43.3 Å². The van der Waals surface area contributed by atoms with Gasteiger partial charge in [0.1, 0.15) is 28.7 Å². The van der Waals surface area contributed by atoms with E-state index in [4.69, 9.17) is 4.74 Å². The number of pyridine rings is 2. The number of aromatic nitrogens is 3. The smallest absolute Gasteiger partial charge is 0.248 e. The van der Waals surface area contributed by atoms with E-state index >= 15 is 0 Å². The van der Waals surface area contributed by atoms with Crippen LogP contribution in [-0.2, 0) is 4.79 Å². The summed E-state index contributed by atoms with van der Waals surface area (Å²) >= 11 is 0. The number of nitrogens with zero attached hydrogens (tertiary/aromatic N) is 6. The van der Waals surface area contributed by atoms with Crippen LogP contribution in [0.2, 0.25) is 0 Å². The zero-order valence-electron chi connectivity index (χ0n) is 20.9. The molecule has 190 valence electrons. The maximum Gasteiger partial charge on any atom is 0.248 e. The molecule has 2 fully saturated rings. The van der Waals surface area contributed by atoms with Crippen LogP contribution in [0.15, 0.2) is 73.7 Å². The first-order valence-corrected chi connectivity index (χ1v) is 12.7. The summed E-state index contributed by atoms with van der Waals surface area (Å²) in [5.41, 5.74) is 4.14. The fraction of sp³-hybridized carbons (Fsp3) is 0.241. The number of benzene rings is 1. The number of piperazine rings is 1. The van der Waals surface area contributed by atoms with E-state index in [1.165, 1.54) is 37.0 Å². The van der Waals surface area contributed by atoms with Crippen molar-refractivity contribution in [1.29, 1.82) is 5.26 Å². The first-order valence-electron chi connectivity index (χ1n) is 12.7. The molecule has 0 radical (unpaired) electrons. The molecule has 0 bridgehead atoms. The number of anilines is 2. The van der Waals surface area contributed by atoms with Gasteiger partial charge in [0, 0.05) is 49.7 Å². The van der Waals surface area contributed by atoms with E-state index in [2.05, 4.69) is 62.1 Å². The van der Waals surface area contributed by atoms with Crippen LogP contribution in [0.5, 0.6) is 11.5 Å². The van der Waals surface area contributed by atoms with Crippen LogP contribution in [0, 0.1) is 11.3 Å². The lowest BCUT2D eigenvalue weighted by atomic mass is 10.1. The predicted octanol–water partition coefficient (Wildman–Crippen LogP) is 4.47. The second-order valence-electron chi connectivity index (χ2n) is 9.53. The summed E-state index contributed by atoms with van der Waals surface area (Å²) in [6, 6.07) is 16.8. The molecule has 1 aromatic carbocycles. The van der Waals surface area contributed by atoms with Crippen LogP contribution in [0.3, 0.4) is 0 Å². The number of nitrogens with one attached hydrogen (secondary N) is 1. The minimum atomic E-state index is -0.343. The van der Waals surface area contributed by atoms with Gasteiger partial charge in [-0.1, -0.05) is 18.7 Å². The van der Waals surface area contributed by atoms with Crippen molar-refractivity contribution in [3.8, 4) is 28.7 Å². The molecule has 0 spiro atoms. The van der Waals surface area contributed by atoms with Crippen LogP contribution in [0.1, 0.15) is 18.4 Å². The Morgan fingerprint density at radius 1 is 1.08 bits per heavy atom. The molecule has 0 atom stereocenters. The van der Waals surface area contributed by atoms with E-state index in [0.29, 0.717) is 28.4 Å². The number of fused-ring (bicyclic) bond motifs is 1. The van der Waals surface area contributed by atoms with Crippen molar-refractivity contribution < 1.29 is 9.53 Å². The summed E-state index contributed by atoms with van der Waals surface area (Å²) in [5.74, 6) is 0.996. The number of nitriles is 1. The molecule has 1 saturated heterocycles. The Kier molecular flexibility index (Phi) is 6.23. The topological polar surface area (TPSA) is 98.8 Å². The second kappa shape index (κ2) is 10.00. The predicted molar refractivity (Wildman–Crippen MR) is 145 cm³/mol. The van der Waals surface area contributed by atoms with Crippen molar-refractivity contribution in [3.05, 3.63) is 79.3 Å². The van der Waals surface area contributed by atoms with E-state index < -0.39 is 0 Å². The van der Waals surface area contributed by atoms with Gasteiger partial charge in [0.15, 0.2) is 5.75 Å². The highest BCUT2D eigenvalue weighted by Gasteiger charge is 2.31. The summed E-state index contributed by atoms with van der Waals surface area (Å²) in [6.45, 7) is 7.79. The maximum atomic E-state index is 11.5. The average molecular weight is 506 g/mol. The first kappa shape index (κ1) is 23.7. The Morgan fingerprint density at radius 2 is 1.87 bits per heavy atom. The van der Waals surface area contributed by atoms with Crippen LogP contribution in [0.4, 0.5) is 11.5 Å². The van der Waals surface area contributed by atoms with Crippen LogP contribution >= 0.6 is 0 Å². The molecular weight excluding hydrogens is 478 g/mol. The number of carbonyl (C=O) groups is 1. The molecular formula is C29H27N7O2. The van der Waals surface area contributed by atoms with Crippen molar-refractivity contribution in [2.75, 3.05) is 36.4 Å². The number of rotatable bonds is 7. The highest BCUT2D eigenvalue weighted by atomic mass is 16.5. The number of hydrogen-bond donors (Lipinski definition) is 1. The monoisotopic (exact) mass is 505 g/mol. The molecule has 1 aliphatic carbocycles. The normalized spacial score (nSPS) is 15.7. The van der Waals surface area contributed by atoms with Gasteiger partial charge in [-0.15, -0.1) is 0 Å². The van der Waals surface area contributed by atoms with Crippen LogP contribution in [-0.4, -0.2) is 57.6 Å². The first-order chi connectivity index (χ1) is 18.6. The van der Waals surface area contributed by atoms with Gasteiger partial charge in [0.25, 0.3) is 0 Å². The summed E-state index contributed by atoms with van der Waals surface area (Å²) < 4.78 is 7.84. The third-order valence-electron chi connectivity index (χ3n) is 7.04. The minimum absolute atomic E-state index is 0.343. The van der Waals surface area contributed by atoms with E-state index in [9.17, 15) is 10.1 Å². The molecule has 38 heavy (non-hydrogen) atoms. The van der Waals surface area contributed by atoms with Crippen molar-refractivity contribution >= 4 is 22.9 Å². The molecule has 2 aliphatic rings.